The van der Waals surface area contributed by atoms with E-state index < -0.39 is 0 Å². The fourth-order valence-corrected chi connectivity index (χ4v) is 2.89. The van der Waals surface area contributed by atoms with Crippen molar-refractivity contribution in [3.63, 3.8) is 0 Å². The van der Waals surface area contributed by atoms with Gasteiger partial charge in [-0.25, -0.2) is 0 Å². The predicted octanol–water partition coefficient (Wildman–Crippen LogP) is 3.74. The molecule has 1 unspecified atom stereocenters. The number of benzene rings is 1. The van der Waals surface area contributed by atoms with Crippen LogP contribution in [-0.4, -0.2) is 30.6 Å². The van der Waals surface area contributed by atoms with E-state index in [1.54, 1.807) is 0 Å². The summed E-state index contributed by atoms with van der Waals surface area (Å²) in [4.78, 5) is 14.2. The third-order valence-corrected chi connectivity index (χ3v) is 4.23. The lowest BCUT2D eigenvalue weighted by Gasteiger charge is -2.27. The van der Waals surface area contributed by atoms with E-state index in [0.717, 1.165) is 29.2 Å². The van der Waals surface area contributed by atoms with Crippen molar-refractivity contribution in [2.24, 2.45) is 0 Å². The zero-order valence-corrected chi connectivity index (χ0v) is 12.9. The molecule has 4 heteroatoms. The largest absolute Gasteiger partial charge is 0.466 e. The molecule has 2 rings (SSSR count). The Morgan fingerprint density at radius 1 is 1.40 bits per heavy atom. The molecule has 1 fully saturated rings. The molecule has 0 N–H and O–H groups in total. The molecule has 0 bridgehead atoms. The van der Waals surface area contributed by atoms with Gasteiger partial charge in [0, 0.05) is 11.1 Å². The minimum Gasteiger partial charge on any atom is -0.466 e. The minimum atomic E-state index is -0.138. The van der Waals surface area contributed by atoms with Gasteiger partial charge in [-0.3, -0.25) is 9.69 Å². The first kappa shape index (κ1) is 15.3. The van der Waals surface area contributed by atoms with Gasteiger partial charge in [-0.05, 0) is 57.0 Å². The van der Waals surface area contributed by atoms with Gasteiger partial charge in [-0.15, -0.1) is 0 Å². The summed E-state index contributed by atoms with van der Waals surface area (Å²) in [6.45, 7) is 6.33. The van der Waals surface area contributed by atoms with Crippen LogP contribution in [0.15, 0.2) is 18.2 Å². The van der Waals surface area contributed by atoms with E-state index in [1.165, 1.54) is 12.8 Å². The summed E-state index contributed by atoms with van der Waals surface area (Å²) in [5.74, 6) is -0.138. The molecule has 3 nitrogen and oxygen atoms in total. The Morgan fingerprint density at radius 2 is 2.10 bits per heavy atom. The average molecular weight is 296 g/mol. The van der Waals surface area contributed by atoms with Crippen LogP contribution in [0.1, 0.15) is 43.4 Å². The fraction of sp³-hybridized carbons (Fsp3) is 0.562. The van der Waals surface area contributed by atoms with Gasteiger partial charge < -0.3 is 4.74 Å². The summed E-state index contributed by atoms with van der Waals surface area (Å²) >= 11 is 6.23. The van der Waals surface area contributed by atoms with Gasteiger partial charge >= 0.3 is 5.97 Å². The van der Waals surface area contributed by atoms with Crippen LogP contribution in [0.2, 0.25) is 5.02 Å². The molecule has 0 aromatic heterocycles. The summed E-state index contributed by atoms with van der Waals surface area (Å²) in [5.41, 5.74) is 2.17. The van der Waals surface area contributed by atoms with Crippen LogP contribution in [0.25, 0.3) is 0 Å². The number of ether oxygens (including phenoxy) is 1. The number of esters is 1. The molecular weight excluding hydrogens is 274 g/mol. The molecule has 1 heterocycles. The molecule has 1 aliphatic rings. The van der Waals surface area contributed by atoms with E-state index >= 15 is 0 Å². The highest BCUT2D eigenvalue weighted by Gasteiger charge is 2.26. The minimum absolute atomic E-state index is 0.0784. The molecule has 1 atom stereocenters. The first-order chi connectivity index (χ1) is 9.61. The lowest BCUT2D eigenvalue weighted by atomic mass is 10.0. The number of rotatable bonds is 5. The van der Waals surface area contributed by atoms with Crippen molar-refractivity contribution in [2.45, 2.75) is 39.2 Å². The van der Waals surface area contributed by atoms with Gasteiger partial charge in [-0.2, -0.15) is 0 Å². The van der Waals surface area contributed by atoms with Crippen LogP contribution in [0, 0.1) is 6.92 Å². The predicted molar refractivity (Wildman–Crippen MR) is 81.0 cm³/mol. The van der Waals surface area contributed by atoms with E-state index in [4.69, 9.17) is 16.3 Å². The SMILES string of the molecule is CCOC(=O)CC(c1ccc(C)c(Cl)c1)N1CCCC1. The Bertz CT molecular complexity index is 470. The van der Waals surface area contributed by atoms with Crippen molar-refractivity contribution < 1.29 is 9.53 Å². The number of aryl methyl sites for hydroxylation is 1. The average Bonchev–Trinajstić information content (AvgIpc) is 2.93. The van der Waals surface area contributed by atoms with Crippen molar-refractivity contribution in [1.29, 1.82) is 0 Å². The molecule has 1 aromatic rings. The zero-order valence-electron chi connectivity index (χ0n) is 12.2. The quantitative estimate of drug-likeness (QED) is 0.775. The molecule has 0 saturated carbocycles. The van der Waals surface area contributed by atoms with Crippen LogP contribution in [0.4, 0.5) is 0 Å². The van der Waals surface area contributed by atoms with E-state index in [0.29, 0.717) is 13.0 Å². The van der Waals surface area contributed by atoms with E-state index in [-0.39, 0.29) is 12.0 Å². The molecule has 0 spiro atoms. The second-order valence-corrected chi connectivity index (χ2v) is 5.68. The highest BCUT2D eigenvalue weighted by molar-refractivity contribution is 6.31. The zero-order chi connectivity index (χ0) is 14.5. The number of hydrogen-bond donors (Lipinski definition) is 0. The standard InChI is InChI=1S/C16H22ClNO2/c1-3-20-16(19)11-15(18-8-4-5-9-18)13-7-6-12(2)14(17)10-13/h6-7,10,15H,3-5,8-9,11H2,1-2H3. The van der Waals surface area contributed by atoms with Gasteiger partial charge in [0.1, 0.15) is 0 Å². The van der Waals surface area contributed by atoms with Crippen molar-refractivity contribution in [3.05, 3.63) is 34.3 Å². The lowest BCUT2D eigenvalue weighted by molar-refractivity contribution is -0.144. The summed E-state index contributed by atoms with van der Waals surface area (Å²) in [7, 11) is 0. The first-order valence-corrected chi connectivity index (χ1v) is 7.65. The molecule has 0 amide bonds. The van der Waals surface area contributed by atoms with Gasteiger partial charge in [0.25, 0.3) is 0 Å². The summed E-state index contributed by atoms with van der Waals surface area (Å²) in [6.07, 6.45) is 2.78. The summed E-state index contributed by atoms with van der Waals surface area (Å²) in [5, 5.41) is 0.760. The maximum Gasteiger partial charge on any atom is 0.307 e. The van der Waals surface area contributed by atoms with Crippen LogP contribution < -0.4 is 0 Å². The van der Waals surface area contributed by atoms with Crippen LogP contribution >= 0.6 is 11.6 Å². The van der Waals surface area contributed by atoms with Gasteiger partial charge in [0.05, 0.1) is 13.0 Å². The number of carbonyl (C=O) groups excluding carboxylic acids is 1. The Hall–Kier alpha value is -1.06. The molecule has 20 heavy (non-hydrogen) atoms. The third kappa shape index (κ3) is 3.74. The van der Waals surface area contributed by atoms with E-state index in [9.17, 15) is 4.79 Å². The second kappa shape index (κ2) is 7.09. The van der Waals surface area contributed by atoms with Crippen molar-refractivity contribution in [3.8, 4) is 0 Å². The van der Waals surface area contributed by atoms with E-state index in [2.05, 4.69) is 11.0 Å². The monoisotopic (exact) mass is 295 g/mol. The smallest absolute Gasteiger partial charge is 0.307 e. The van der Waals surface area contributed by atoms with Gasteiger partial charge in [0.2, 0.25) is 0 Å². The molecular formula is C16H22ClNO2. The summed E-state index contributed by atoms with van der Waals surface area (Å²) < 4.78 is 5.11. The number of halogens is 1. The maximum absolute atomic E-state index is 11.9. The fourth-order valence-electron chi connectivity index (χ4n) is 2.71. The van der Waals surface area contributed by atoms with Crippen molar-refractivity contribution in [1.82, 2.24) is 4.90 Å². The Kier molecular flexibility index (Phi) is 5.44. The Labute approximate surface area is 125 Å². The molecule has 110 valence electrons. The molecule has 1 aliphatic heterocycles. The first-order valence-electron chi connectivity index (χ1n) is 7.27. The molecule has 1 aromatic carbocycles. The Balaban J connectivity index is 2.20. The second-order valence-electron chi connectivity index (χ2n) is 5.28. The van der Waals surface area contributed by atoms with Crippen LogP contribution in [-0.2, 0) is 9.53 Å². The molecule has 1 saturated heterocycles. The van der Waals surface area contributed by atoms with Gasteiger partial charge in [0.15, 0.2) is 0 Å². The lowest BCUT2D eigenvalue weighted by Crippen LogP contribution is -2.28. The van der Waals surface area contributed by atoms with Gasteiger partial charge in [-0.1, -0.05) is 23.7 Å². The number of hydrogen-bond acceptors (Lipinski definition) is 3. The third-order valence-electron chi connectivity index (χ3n) is 3.83. The van der Waals surface area contributed by atoms with Crippen LogP contribution in [0.3, 0.4) is 0 Å². The highest BCUT2D eigenvalue weighted by atomic mass is 35.5. The normalized spacial score (nSPS) is 17.1. The molecule has 0 aliphatic carbocycles. The van der Waals surface area contributed by atoms with Crippen LogP contribution in [0.5, 0.6) is 0 Å². The Morgan fingerprint density at radius 3 is 2.70 bits per heavy atom. The van der Waals surface area contributed by atoms with Crippen molar-refractivity contribution >= 4 is 17.6 Å². The highest BCUT2D eigenvalue weighted by Crippen LogP contribution is 2.31. The topological polar surface area (TPSA) is 29.5 Å². The number of carbonyl (C=O) groups is 1. The number of nitrogens with zero attached hydrogens (tertiary/aromatic N) is 1. The maximum atomic E-state index is 11.9. The van der Waals surface area contributed by atoms with E-state index in [1.807, 2.05) is 26.0 Å². The number of likely N-dealkylation sites (tertiary alicyclic amines) is 1. The molecule has 0 radical (unpaired) electrons. The summed E-state index contributed by atoms with van der Waals surface area (Å²) in [6, 6.07) is 6.16. The van der Waals surface area contributed by atoms with Crippen molar-refractivity contribution in [2.75, 3.05) is 19.7 Å².